The second-order valence-electron chi connectivity index (χ2n) is 5.40. The number of anilines is 1. The van der Waals surface area contributed by atoms with Crippen molar-refractivity contribution in [3.63, 3.8) is 0 Å². The van der Waals surface area contributed by atoms with E-state index in [-0.39, 0.29) is 10.8 Å². The van der Waals surface area contributed by atoms with Crippen LogP contribution in [-0.2, 0) is 0 Å². The fourth-order valence-corrected chi connectivity index (χ4v) is 2.83. The van der Waals surface area contributed by atoms with Crippen LogP contribution < -0.4 is 11.1 Å². The molecule has 0 bridgehead atoms. The number of likely N-dealkylation sites (N-methyl/N-ethyl adjacent to an activating group) is 1. The minimum Gasteiger partial charge on any atom is -0.389 e. The maximum Gasteiger partial charge on any atom is 0.146 e. The maximum atomic E-state index is 13.8. The van der Waals surface area contributed by atoms with Gasteiger partial charge >= 0.3 is 0 Å². The lowest BCUT2D eigenvalue weighted by Crippen LogP contribution is -2.33. The second kappa shape index (κ2) is 6.99. The van der Waals surface area contributed by atoms with Crippen molar-refractivity contribution in [1.29, 1.82) is 0 Å². The molecule has 110 valence electrons. The maximum absolute atomic E-state index is 13.8. The van der Waals surface area contributed by atoms with Crippen LogP contribution in [0.5, 0.6) is 0 Å². The van der Waals surface area contributed by atoms with Gasteiger partial charge in [-0.15, -0.1) is 0 Å². The molecule has 5 heteroatoms. The van der Waals surface area contributed by atoms with Crippen molar-refractivity contribution in [3.05, 3.63) is 29.6 Å². The van der Waals surface area contributed by atoms with Gasteiger partial charge in [-0.3, -0.25) is 0 Å². The molecule has 0 heterocycles. The van der Waals surface area contributed by atoms with Crippen LogP contribution >= 0.6 is 12.2 Å². The van der Waals surface area contributed by atoms with E-state index in [0.29, 0.717) is 17.3 Å². The van der Waals surface area contributed by atoms with Crippen molar-refractivity contribution in [2.75, 3.05) is 25.5 Å². The summed E-state index contributed by atoms with van der Waals surface area (Å²) in [6.45, 7) is 1.65. The van der Waals surface area contributed by atoms with Crippen molar-refractivity contribution in [2.24, 2.45) is 5.73 Å². The van der Waals surface area contributed by atoms with Gasteiger partial charge in [-0.2, -0.15) is 0 Å². The van der Waals surface area contributed by atoms with Gasteiger partial charge in [0.1, 0.15) is 10.8 Å². The monoisotopic (exact) mass is 295 g/mol. The molecular formula is C15H22FN3S. The van der Waals surface area contributed by atoms with E-state index in [2.05, 4.69) is 17.3 Å². The number of nitrogens with zero attached hydrogens (tertiary/aromatic N) is 1. The van der Waals surface area contributed by atoms with E-state index < -0.39 is 0 Å². The van der Waals surface area contributed by atoms with Crippen molar-refractivity contribution in [1.82, 2.24) is 4.90 Å². The quantitative estimate of drug-likeness (QED) is 0.792. The lowest BCUT2D eigenvalue weighted by molar-refractivity contribution is 0.254. The first-order valence-electron chi connectivity index (χ1n) is 7.11. The standard InChI is InChI=1S/C15H22FN3S/c1-19(12-4-2-3-5-12)9-8-18-14-7-6-11(15(17)20)10-13(14)16/h6-7,10,12,18H,2-5,8-9H2,1H3,(H2,17,20). The molecule has 0 aliphatic heterocycles. The zero-order valence-corrected chi connectivity index (χ0v) is 12.7. The van der Waals surface area contributed by atoms with Gasteiger partial charge in [-0.25, -0.2) is 4.39 Å². The number of thiocarbonyl (C=S) groups is 1. The van der Waals surface area contributed by atoms with Gasteiger partial charge in [-0.05, 0) is 38.1 Å². The first-order valence-corrected chi connectivity index (χ1v) is 7.52. The van der Waals surface area contributed by atoms with Gasteiger partial charge in [-0.1, -0.05) is 25.1 Å². The number of hydrogen-bond acceptors (Lipinski definition) is 3. The van der Waals surface area contributed by atoms with Gasteiger partial charge in [0, 0.05) is 24.7 Å². The number of nitrogens with one attached hydrogen (secondary N) is 1. The lowest BCUT2D eigenvalue weighted by atomic mass is 10.2. The molecule has 0 radical (unpaired) electrons. The minimum atomic E-state index is -0.307. The molecule has 3 N–H and O–H groups in total. The predicted octanol–water partition coefficient (Wildman–Crippen LogP) is 2.75. The lowest BCUT2D eigenvalue weighted by Gasteiger charge is -2.24. The molecule has 1 aliphatic rings. The average molecular weight is 295 g/mol. The highest BCUT2D eigenvalue weighted by atomic mass is 32.1. The average Bonchev–Trinajstić information content (AvgIpc) is 2.94. The van der Waals surface area contributed by atoms with Crippen LogP contribution in [0.4, 0.5) is 10.1 Å². The van der Waals surface area contributed by atoms with E-state index in [1.54, 1.807) is 12.1 Å². The van der Waals surface area contributed by atoms with Gasteiger partial charge in [0.2, 0.25) is 0 Å². The molecule has 0 unspecified atom stereocenters. The number of rotatable bonds is 6. The third kappa shape index (κ3) is 3.90. The van der Waals surface area contributed by atoms with E-state index >= 15 is 0 Å². The van der Waals surface area contributed by atoms with Crippen molar-refractivity contribution >= 4 is 22.9 Å². The van der Waals surface area contributed by atoms with Gasteiger partial charge in [0.15, 0.2) is 0 Å². The fourth-order valence-electron chi connectivity index (χ4n) is 2.71. The number of halogens is 1. The first-order chi connectivity index (χ1) is 9.58. The van der Waals surface area contributed by atoms with Crippen LogP contribution in [0, 0.1) is 5.82 Å². The highest BCUT2D eigenvalue weighted by molar-refractivity contribution is 7.80. The predicted molar refractivity (Wildman–Crippen MR) is 85.7 cm³/mol. The summed E-state index contributed by atoms with van der Waals surface area (Å²) in [5.41, 5.74) is 6.55. The highest BCUT2D eigenvalue weighted by Crippen LogP contribution is 2.22. The summed E-state index contributed by atoms with van der Waals surface area (Å²) < 4.78 is 13.8. The summed E-state index contributed by atoms with van der Waals surface area (Å²) in [6, 6.07) is 5.51. The third-order valence-corrected chi connectivity index (χ3v) is 4.22. The molecule has 0 aromatic heterocycles. The van der Waals surface area contributed by atoms with Crippen LogP contribution in [0.25, 0.3) is 0 Å². The molecule has 20 heavy (non-hydrogen) atoms. The Morgan fingerprint density at radius 1 is 1.45 bits per heavy atom. The summed E-state index contributed by atoms with van der Waals surface area (Å²) in [7, 11) is 2.14. The van der Waals surface area contributed by atoms with E-state index in [4.69, 9.17) is 18.0 Å². The number of hydrogen-bond donors (Lipinski definition) is 2. The molecule has 3 nitrogen and oxygen atoms in total. The Hall–Kier alpha value is -1.20. The van der Waals surface area contributed by atoms with Gasteiger partial charge < -0.3 is 16.0 Å². The Balaban J connectivity index is 1.83. The summed E-state index contributed by atoms with van der Waals surface area (Å²) in [5, 5.41) is 3.13. The van der Waals surface area contributed by atoms with Gasteiger partial charge in [0.05, 0.1) is 5.69 Å². The molecule has 1 saturated carbocycles. The Bertz CT molecular complexity index is 472. The fraction of sp³-hybridized carbons (Fsp3) is 0.533. The molecule has 0 saturated heterocycles. The van der Waals surface area contributed by atoms with Crippen molar-refractivity contribution in [2.45, 2.75) is 31.7 Å². The van der Waals surface area contributed by atoms with Crippen LogP contribution in [0.15, 0.2) is 18.2 Å². The summed E-state index contributed by atoms with van der Waals surface area (Å²) in [5.74, 6) is -0.307. The highest BCUT2D eigenvalue weighted by Gasteiger charge is 2.18. The molecule has 0 spiro atoms. The largest absolute Gasteiger partial charge is 0.389 e. The number of nitrogens with two attached hydrogens (primary N) is 1. The molecular weight excluding hydrogens is 273 g/mol. The van der Waals surface area contributed by atoms with E-state index in [9.17, 15) is 4.39 Å². The molecule has 2 rings (SSSR count). The van der Waals surface area contributed by atoms with E-state index in [0.717, 1.165) is 13.1 Å². The molecule has 1 fully saturated rings. The summed E-state index contributed by atoms with van der Waals surface area (Å²) in [4.78, 5) is 2.58. The van der Waals surface area contributed by atoms with Crippen LogP contribution in [0.2, 0.25) is 0 Å². The molecule has 1 aromatic rings. The molecule has 1 aliphatic carbocycles. The Morgan fingerprint density at radius 3 is 2.75 bits per heavy atom. The minimum absolute atomic E-state index is 0.219. The molecule has 0 amide bonds. The van der Waals surface area contributed by atoms with E-state index in [1.165, 1.54) is 31.7 Å². The first kappa shape index (κ1) is 15.2. The van der Waals surface area contributed by atoms with Crippen molar-refractivity contribution in [3.8, 4) is 0 Å². The van der Waals surface area contributed by atoms with Gasteiger partial charge in [0.25, 0.3) is 0 Å². The Kier molecular flexibility index (Phi) is 5.31. The summed E-state index contributed by atoms with van der Waals surface area (Å²) >= 11 is 4.83. The normalized spacial score (nSPS) is 15.8. The Morgan fingerprint density at radius 2 is 2.15 bits per heavy atom. The van der Waals surface area contributed by atoms with E-state index in [1.807, 2.05) is 0 Å². The Labute approximate surface area is 125 Å². The van der Waals surface area contributed by atoms with Crippen LogP contribution in [0.3, 0.4) is 0 Å². The van der Waals surface area contributed by atoms with Crippen LogP contribution in [0.1, 0.15) is 31.2 Å². The number of benzene rings is 1. The SMILES string of the molecule is CN(CCNc1ccc(C(N)=S)cc1F)C1CCCC1. The smallest absolute Gasteiger partial charge is 0.146 e. The summed E-state index contributed by atoms with van der Waals surface area (Å²) in [6.07, 6.45) is 5.23. The topological polar surface area (TPSA) is 41.3 Å². The molecule has 0 atom stereocenters. The molecule has 1 aromatic carbocycles. The second-order valence-corrected chi connectivity index (χ2v) is 5.84. The van der Waals surface area contributed by atoms with Crippen LogP contribution in [-0.4, -0.2) is 36.1 Å². The zero-order valence-electron chi connectivity index (χ0n) is 11.9. The zero-order chi connectivity index (χ0) is 14.5. The van der Waals surface area contributed by atoms with Crippen molar-refractivity contribution < 1.29 is 4.39 Å². The third-order valence-electron chi connectivity index (χ3n) is 3.98.